The van der Waals surface area contributed by atoms with E-state index in [1.54, 1.807) is 0 Å². The second-order valence-corrected chi connectivity index (χ2v) is 7.37. The van der Waals surface area contributed by atoms with Crippen molar-refractivity contribution >= 4 is 28.9 Å². The van der Waals surface area contributed by atoms with Crippen molar-refractivity contribution in [1.29, 1.82) is 0 Å². The van der Waals surface area contributed by atoms with Gasteiger partial charge in [-0.3, -0.25) is 14.5 Å². The van der Waals surface area contributed by atoms with Crippen LogP contribution in [-0.4, -0.2) is 21.4 Å². The molecule has 1 N–H and O–H groups in total. The normalized spacial score (nSPS) is 12.2. The maximum absolute atomic E-state index is 13.5. The Kier molecular flexibility index (Phi) is 6.50. The van der Waals surface area contributed by atoms with Gasteiger partial charge in [-0.25, -0.2) is 0 Å². The second-order valence-electron chi connectivity index (χ2n) is 6.96. The summed E-state index contributed by atoms with van der Waals surface area (Å²) in [6, 6.07) is 13.8. The lowest BCUT2D eigenvalue weighted by atomic mass is 10.1. The van der Waals surface area contributed by atoms with Gasteiger partial charge in [0.15, 0.2) is 0 Å². The van der Waals surface area contributed by atoms with E-state index >= 15 is 0 Å². The molecule has 0 saturated heterocycles. The van der Waals surface area contributed by atoms with Crippen molar-refractivity contribution in [2.45, 2.75) is 26.6 Å². The standard InChI is InChI=1S/C22H20ClF3N4O/c1-13-19(22(24,25)26)20(30(3)29-13)14(2)28-16-9-10-18(23)17(11-16)21(31)27-12-15-7-5-4-6-8-15/h4-11H,12H2,1-3H3,(H,27,31). The highest BCUT2D eigenvalue weighted by Crippen LogP contribution is 2.35. The van der Waals surface area contributed by atoms with Crippen LogP contribution in [0.15, 0.2) is 53.5 Å². The number of nitrogens with zero attached hydrogens (tertiary/aromatic N) is 3. The highest BCUT2D eigenvalue weighted by atomic mass is 35.5. The summed E-state index contributed by atoms with van der Waals surface area (Å²) in [5.74, 6) is -0.407. The second kappa shape index (κ2) is 8.93. The third-order valence-corrected chi connectivity index (χ3v) is 4.97. The molecular weight excluding hydrogens is 429 g/mol. The minimum Gasteiger partial charge on any atom is -0.348 e. The number of alkyl halides is 3. The minimum absolute atomic E-state index is 0.119. The predicted octanol–water partition coefficient (Wildman–Crippen LogP) is 5.47. The van der Waals surface area contributed by atoms with E-state index in [4.69, 9.17) is 11.6 Å². The van der Waals surface area contributed by atoms with Crippen LogP contribution in [0.5, 0.6) is 0 Å². The molecule has 0 aliphatic rings. The summed E-state index contributed by atoms with van der Waals surface area (Å²) in [6.45, 7) is 3.08. The van der Waals surface area contributed by atoms with Gasteiger partial charge in [0.1, 0.15) is 5.56 Å². The Bertz CT molecular complexity index is 1140. The summed E-state index contributed by atoms with van der Waals surface area (Å²) in [7, 11) is 1.43. The smallest absolute Gasteiger partial charge is 0.348 e. The molecular formula is C22H20ClF3N4O. The molecule has 0 radical (unpaired) electrons. The van der Waals surface area contributed by atoms with Crippen molar-refractivity contribution < 1.29 is 18.0 Å². The Balaban J connectivity index is 1.90. The SMILES string of the molecule is CC(=Nc1ccc(Cl)c(C(=O)NCc2ccccc2)c1)c1c(C(F)(F)F)c(C)nn1C. The van der Waals surface area contributed by atoms with E-state index in [2.05, 4.69) is 15.4 Å². The van der Waals surface area contributed by atoms with Crippen LogP contribution in [0.2, 0.25) is 5.02 Å². The highest BCUT2D eigenvalue weighted by Gasteiger charge is 2.39. The number of hydrogen-bond donors (Lipinski definition) is 1. The van der Waals surface area contributed by atoms with Crippen LogP contribution >= 0.6 is 11.6 Å². The summed E-state index contributed by atoms with van der Waals surface area (Å²) >= 11 is 6.17. The largest absolute Gasteiger partial charge is 0.420 e. The molecule has 1 aromatic heterocycles. The van der Waals surface area contributed by atoms with Crippen LogP contribution in [0, 0.1) is 6.92 Å². The molecule has 1 heterocycles. The van der Waals surface area contributed by atoms with Gasteiger partial charge in [-0.2, -0.15) is 18.3 Å². The number of hydrogen-bond acceptors (Lipinski definition) is 3. The molecule has 3 rings (SSSR count). The van der Waals surface area contributed by atoms with Crippen molar-refractivity contribution in [2.24, 2.45) is 12.0 Å². The number of nitrogens with one attached hydrogen (secondary N) is 1. The number of halogens is 4. The molecule has 0 aliphatic carbocycles. The van der Waals surface area contributed by atoms with Gasteiger partial charge in [-0.15, -0.1) is 0 Å². The lowest BCUT2D eigenvalue weighted by Crippen LogP contribution is -2.23. The first-order valence-electron chi connectivity index (χ1n) is 9.36. The summed E-state index contributed by atoms with van der Waals surface area (Å²) in [5.41, 5.74) is 0.442. The van der Waals surface area contributed by atoms with Gasteiger partial charge in [0.2, 0.25) is 0 Å². The molecule has 2 aromatic carbocycles. The lowest BCUT2D eigenvalue weighted by molar-refractivity contribution is -0.138. The molecule has 0 bridgehead atoms. The quantitative estimate of drug-likeness (QED) is 0.526. The van der Waals surface area contributed by atoms with E-state index in [1.165, 1.54) is 39.1 Å². The van der Waals surface area contributed by atoms with Gasteiger partial charge >= 0.3 is 6.18 Å². The van der Waals surface area contributed by atoms with Gasteiger partial charge in [0.05, 0.1) is 33.4 Å². The summed E-state index contributed by atoms with van der Waals surface area (Å²) < 4.78 is 41.6. The van der Waals surface area contributed by atoms with Crippen molar-refractivity contribution in [2.75, 3.05) is 0 Å². The molecule has 9 heteroatoms. The number of rotatable bonds is 5. The fraction of sp³-hybridized carbons (Fsp3) is 0.227. The van der Waals surface area contributed by atoms with Crippen molar-refractivity contribution in [1.82, 2.24) is 15.1 Å². The summed E-state index contributed by atoms with van der Waals surface area (Å²) in [4.78, 5) is 16.9. The minimum atomic E-state index is -4.56. The van der Waals surface area contributed by atoms with Crippen molar-refractivity contribution in [3.05, 3.63) is 81.6 Å². The monoisotopic (exact) mass is 448 g/mol. The van der Waals surface area contributed by atoms with Crippen molar-refractivity contribution in [3.8, 4) is 0 Å². The molecule has 31 heavy (non-hydrogen) atoms. The molecule has 1 amide bonds. The number of amides is 1. The van der Waals surface area contributed by atoms with Gasteiger partial charge in [-0.1, -0.05) is 41.9 Å². The molecule has 0 fully saturated rings. The molecule has 5 nitrogen and oxygen atoms in total. The Morgan fingerprint density at radius 1 is 1.19 bits per heavy atom. The number of aromatic nitrogens is 2. The molecule has 0 spiro atoms. The third-order valence-electron chi connectivity index (χ3n) is 4.64. The molecule has 0 unspecified atom stereocenters. The van der Waals surface area contributed by atoms with Crippen molar-refractivity contribution in [3.63, 3.8) is 0 Å². The van der Waals surface area contributed by atoms with Crippen LogP contribution in [0.25, 0.3) is 0 Å². The first kappa shape index (κ1) is 22.6. The Morgan fingerprint density at radius 3 is 2.52 bits per heavy atom. The molecule has 0 aliphatic heterocycles. The number of aliphatic imine (C=N–C) groups is 1. The maximum atomic E-state index is 13.5. The Labute approximate surface area is 182 Å². The van der Waals surface area contributed by atoms with E-state index in [1.807, 2.05) is 30.3 Å². The van der Waals surface area contributed by atoms with Crippen LogP contribution in [-0.2, 0) is 19.8 Å². The maximum Gasteiger partial charge on any atom is 0.420 e. The number of aryl methyl sites for hydroxylation is 2. The van der Waals surface area contributed by atoms with Gasteiger partial charge in [0.25, 0.3) is 5.91 Å². The average Bonchev–Trinajstić information content (AvgIpc) is 3.02. The Hall–Kier alpha value is -3.13. The molecule has 0 saturated carbocycles. The Morgan fingerprint density at radius 2 is 1.87 bits per heavy atom. The first-order chi connectivity index (χ1) is 14.6. The first-order valence-corrected chi connectivity index (χ1v) is 9.74. The van der Waals surface area contributed by atoms with Crippen LogP contribution in [0.1, 0.15) is 39.8 Å². The number of benzene rings is 2. The number of carbonyl (C=O) groups is 1. The zero-order valence-electron chi connectivity index (χ0n) is 17.1. The average molecular weight is 449 g/mol. The molecule has 162 valence electrons. The van der Waals surface area contributed by atoms with E-state index in [0.29, 0.717) is 12.2 Å². The van der Waals surface area contributed by atoms with Crippen LogP contribution in [0.3, 0.4) is 0 Å². The van der Waals surface area contributed by atoms with Gasteiger partial charge in [0, 0.05) is 13.6 Å². The summed E-state index contributed by atoms with van der Waals surface area (Å²) in [5, 5.41) is 6.88. The zero-order chi connectivity index (χ0) is 22.8. The van der Waals surface area contributed by atoms with E-state index in [9.17, 15) is 18.0 Å². The lowest BCUT2D eigenvalue weighted by Gasteiger charge is -2.11. The van der Waals surface area contributed by atoms with E-state index in [-0.39, 0.29) is 27.7 Å². The van der Waals surface area contributed by atoms with E-state index < -0.39 is 17.6 Å². The fourth-order valence-corrected chi connectivity index (χ4v) is 3.49. The molecule has 3 aromatic rings. The van der Waals surface area contributed by atoms with Gasteiger partial charge in [-0.05, 0) is 37.6 Å². The number of carbonyl (C=O) groups excluding carboxylic acids is 1. The topological polar surface area (TPSA) is 59.3 Å². The highest BCUT2D eigenvalue weighted by molar-refractivity contribution is 6.34. The fourth-order valence-electron chi connectivity index (χ4n) is 3.29. The predicted molar refractivity (Wildman–Crippen MR) is 114 cm³/mol. The summed E-state index contributed by atoms with van der Waals surface area (Å²) in [6.07, 6.45) is -4.56. The third kappa shape index (κ3) is 5.14. The van der Waals surface area contributed by atoms with E-state index in [0.717, 1.165) is 10.2 Å². The zero-order valence-corrected chi connectivity index (χ0v) is 17.8. The van der Waals surface area contributed by atoms with Crippen LogP contribution in [0.4, 0.5) is 18.9 Å². The molecule has 0 atom stereocenters. The van der Waals surface area contributed by atoms with Crippen LogP contribution < -0.4 is 5.32 Å². The van der Waals surface area contributed by atoms with Gasteiger partial charge < -0.3 is 5.32 Å².